The number of hydrogen-bond donors (Lipinski definition) is 1. The number of carboxylic acid groups (broad SMARTS) is 1. The number of methoxy groups -OCH3 is 1. The first-order valence-electron chi connectivity index (χ1n) is 11.9. The molecule has 0 unspecified atom stereocenters. The van der Waals surface area contributed by atoms with Gasteiger partial charge < -0.3 is 19.1 Å². The fourth-order valence-corrected chi connectivity index (χ4v) is 4.83. The van der Waals surface area contributed by atoms with Gasteiger partial charge in [0.15, 0.2) is 0 Å². The number of benzene rings is 3. The number of aliphatic imine (C=N–C) groups is 1. The topological polar surface area (TPSA) is 73.1 Å². The average molecular weight is 487 g/mol. The molecule has 1 aliphatic rings. The zero-order valence-corrected chi connectivity index (χ0v) is 20.4. The van der Waals surface area contributed by atoms with Crippen LogP contribution in [0.5, 0.6) is 5.75 Å². The van der Waals surface area contributed by atoms with Gasteiger partial charge in [-0.05, 0) is 71.6 Å². The highest BCUT2D eigenvalue weighted by Crippen LogP contribution is 2.45. The van der Waals surface area contributed by atoms with Crippen molar-refractivity contribution in [3.8, 4) is 22.6 Å². The van der Waals surface area contributed by atoms with Crippen LogP contribution in [0.2, 0.25) is 0 Å². The Kier molecular flexibility index (Phi) is 6.33. The van der Waals surface area contributed by atoms with Crippen LogP contribution in [0.15, 0.2) is 59.6 Å². The molecular weight excluding hydrogens is 459 g/mol. The summed E-state index contributed by atoms with van der Waals surface area (Å²) >= 11 is 0. The van der Waals surface area contributed by atoms with Crippen LogP contribution < -0.4 is 4.74 Å². The Hall–Kier alpha value is -3.97. The maximum Gasteiger partial charge on any atom is 0.335 e. The molecule has 0 saturated carbocycles. The second kappa shape index (κ2) is 9.59. The van der Waals surface area contributed by atoms with Crippen LogP contribution in [0.25, 0.3) is 27.7 Å². The Morgan fingerprint density at radius 1 is 1.11 bits per heavy atom. The number of nitrogens with zero attached hydrogens (tertiary/aromatic N) is 2. The van der Waals surface area contributed by atoms with E-state index in [4.69, 9.17) is 9.47 Å². The van der Waals surface area contributed by atoms with E-state index in [0.717, 1.165) is 44.5 Å². The first kappa shape index (κ1) is 23.8. The van der Waals surface area contributed by atoms with Crippen LogP contribution in [0.3, 0.4) is 0 Å². The van der Waals surface area contributed by atoms with Gasteiger partial charge in [0.05, 0.1) is 24.2 Å². The van der Waals surface area contributed by atoms with Crippen molar-refractivity contribution in [3.63, 3.8) is 0 Å². The molecule has 0 aliphatic carbocycles. The van der Waals surface area contributed by atoms with Gasteiger partial charge in [-0.25, -0.2) is 9.18 Å². The van der Waals surface area contributed by atoms with Crippen LogP contribution in [-0.4, -0.2) is 42.2 Å². The maximum atomic E-state index is 13.8. The van der Waals surface area contributed by atoms with Crippen molar-refractivity contribution >= 4 is 23.1 Å². The van der Waals surface area contributed by atoms with Crippen LogP contribution in [-0.2, 0) is 11.3 Å². The van der Waals surface area contributed by atoms with E-state index < -0.39 is 5.97 Å². The Bertz CT molecular complexity index is 1490. The number of aromatic carboxylic acids is 1. The van der Waals surface area contributed by atoms with E-state index >= 15 is 0 Å². The number of rotatable bonds is 8. The number of carboxylic acids is 1. The lowest BCUT2D eigenvalue weighted by molar-refractivity contribution is 0.0696. The highest BCUT2D eigenvalue weighted by atomic mass is 19.1. The molecule has 1 aromatic heterocycles. The Balaban J connectivity index is 1.85. The Morgan fingerprint density at radius 3 is 2.58 bits per heavy atom. The van der Waals surface area contributed by atoms with E-state index in [1.54, 1.807) is 31.4 Å². The largest absolute Gasteiger partial charge is 0.491 e. The quantitative estimate of drug-likeness (QED) is 0.300. The number of halogens is 1. The molecule has 4 aromatic rings. The highest BCUT2D eigenvalue weighted by molar-refractivity contribution is 6.04. The van der Waals surface area contributed by atoms with E-state index in [2.05, 4.69) is 35.5 Å². The van der Waals surface area contributed by atoms with E-state index in [-0.39, 0.29) is 23.9 Å². The summed E-state index contributed by atoms with van der Waals surface area (Å²) in [4.78, 5) is 16.2. The summed E-state index contributed by atoms with van der Waals surface area (Å²) in [6.45, 7) is 5.49. The number of fused-ring (bicyclic) bond motifs is 2. The van der Waals surface area contributed by atoms with E-state index in [9.17, 15) is 14.3 Å². The van der Waals surface area contributed by atoms with Crippen molar-refractivity contribution in [1.82, 2.24) is 4.57 Å². The smallest absolute Gasteiger partial charge is 0.335 e. The summed E-state index contributed by atoms with van der Waals surface area (Å²) in [5, 5.41) is 10.6. The normalized spacial score (nSPS) is 12.5. The molecule has 0 saturated heterocycles. The summed E-state index contributed by atoms with van der Waals surface area (Å²) in [5.41, 5.74) is 6.92. The fraction of sp³-hybridized carbons (Fsp3) is 0.241. The van der Waals surface area contributed by atoms with Crippen molar-refractivity contribution < 1.29 is 23.8 Å². The number of ether oxygens (including phenoxy) is 2. The minimum Gasteiger partial charge on any atom is -0.491 e. The van der Waals surface area contributed by atoms with Gasteiger partial charge in [0.2, 0.25) is 0 Å². The van der Waals surface area contributed by atoms with Crippen molar-refractivity contribution in [2.45, 2.75) is 26.3 Å². The molecule has 1 N–H and O–H groups in total. The molecule has 7 heteroatoms. The third-order valence-corrected chi connectivity index (χ3v) is 6.43. The molecule has 0 atom stereocenters. The SMILES string of the molecule is COCCOc1cc(C(=O)O)ccc1-c1c(C(C)C)n(-c2ccc(F)cc2)c2cc3c(cc12)CN=C3. The molecule has 36 heavy (non-hydrogen) atoms. The Labute approximate surface area is 208 Å². The van der Waals surface area contributed by atoms with Gasteiger partial charge in [-0.1, -0.05) is 13.8 Å². The zero-order valence-electron chi connectivity index (χ0n) is 20.4. The maximum absolute atomic E-state index is 13.8. The molecule has 0 bridgehead atoms. The van der Waals surface area contributed by atoms with Crippen molar-refractivity contribution in [1.29, 1.82) is 0 Å². The van der Waals surface area contributed by atoms with Crippen molar-refractivity contribution in [3.05, 3.63) is 82.8 Å². The molecule has 3 aromatic carbocycles. The summed E-state index contributed by atoms with van der Waals surface area (Å²) in [5.74, 6) is -0.755. The van der Waals surface area contributed by atoms with Gasteiger partial charge in [-0.3, -0.25) is 4.99 Å². The minimum absolute atomic E-state index is 0.0898. The van der Waals surface area contributed by atoms with Crippen molar-refractivity contribution in [2.24, 2.45) is 4.99 Å². The van der Waals surface area contributed by atoms with Crippen LogP contribution in [0.1, 0.15) is 46.9 Å². The Morgan fingerprint density at radius 2 is 1.89 bits per heavy atom. The van der Waals surface area contributed by atoms with E-state index in [1.165, 1.54) is 12.1 Å². The lowest BCUT2D eigenvalue weighted by Crippen LogP contribution is -2.07. The first-order valence-corrected chi connectivity index (χ1v) is 11.9. The number of aromatic nitrogens is 1. The molecular formula is C29H27FN2O4. The molecule has 0 amide bonds. The third-order valence-electron chi connectivity index (χ3n) is 6.43. The number of hydrogen-bond acceptors (Lipinski definition) is 4. The molecule has 5 rings (SSSR count). The lowest BCUT2D eigenvalue weighted by Gasteiger charge is -2.18. The lowest BCUT2D eigenvalue weighted by atomic mass is 9.94. The predicted molar refractivity (Wildman–Crippen MR) is 138 cm³/mol. The first-order chi connectivity index (χ1) is 17.4. The van der Waals surface area contributed by atoms with Gasteiger partial charge in [0.25, 0.3) is 0 Å². The molecule has 0 spiro atoms. The van der Waals surface area contributed by atoms with Crippen molar-refractivity contribution in [2.75, 3.05) is 20.3 Å². The van der Waals surface area contributed by atoms with Crippen LogP contribution in [0.4, 0.5) is 4.39 Å². The second-order valence-corrected chi connectivity index (χ2v) is 9.12. The summed E-state index contributed by atoms with van der Waals surface area (Å²) in [6.07, 6.45) is 1.88. The fourth-order valence-electron chi connectivity index (χ4n) is 4.83. The number of carbonyl (C=O) groups is 1. The monoisotopic (exact) mass is 486 g/mol. The predicted octanol–water partition coefficient (Wildman–Crippen LogP) is 6.22. The average Bonchev–Trinajstić information content (AvgIpc) is 3.45. The summed E-state index contributed by atoms with van der Waals surface area (Å²) in [7, 11) is 1.59. The van der Waals surface area contributed by atoms with Crippen LogP contribution in [0, 0.1) is 5.82 Å². The third kappa shape index (κ3) is 4.16. The van der Waals surface area contributed by atoms with Gasteiger partial charge in [-0.15, -0.1) is 0 Å². The molecule has 6 nitrogen and oxygen atoms in total. The van der Waals surface area contributed by atoms with Gasteiger partial charge in [-0.2, -0.15) is 0 Å². The summed E-state index contributed by atoms with van der Waals surface area (Å²) < 4.78 is 27.2. The highest BCUT2D eigenvalue weighted by Gasteiger charge is 2.26. The second-order valence-electron chi connectivity index (χ2n) is 9.12. The molecule has 1 aliphatic heterocycles. The molecule has 2 heterocycles. The zero-order chi connectivity index (χ0) is 25.4. The van der Waals surface area contributed by atoms with Gasteiger partial charge in [0.1, 0.15) is 18.2 Å². The summed E-state index contributed by atoms with van der Waals surface area (Å²) in [6, 6.07) is 15.7. The molecule has 0 fully saturated rings. The van der Waals surface area contributed by atoms with Gasteiger partial charge in [0, 0.05) is 41.2 Å². The van der Waals surface area contributed by atoms with E-state index in [1.807, 2.05) is 12.3 Å². The van der Waals surface area contributed by atoms with Gasteiger partial charge >= 0.3 is 5.97 Å². The van der Waals surface area contributed by atoms with E-state index in [0.29, 0.717) is 18.9 Å². The molecule has 0 radical (unpaired) electrons. The standard InChI is InChI=1S/C29H27FN2O4/c1-17(2)28-27(23-9-4-18(29(33)34)14-26(23)36-11-10-35-3)24-12-19-15-31-16-20(19)13-25(24)32(28)22-7-5-21(30)6-8-22/h4-9,12-14,16-17H,10-11,15H2,1-3H3,(H,33,34). The minimum atomic E-state index is -1.02. The molecule has 184 valence electrons. The van der Waals surface area contributed by atoms with Crippen LogP contribution >= 0.6 is 0 Å².